The van der Waals surface area contributed by atoms with Crippen LogP contribution in [0.15, 0.2) is 65.6 Å². The van der Waals surface area contributed by atoms with Gasteiger partial charge in [-0.3, -0.25) is 9.59 Å². The average Bonchev–Trinajstić information content (AvgIpc) is 2.61. The third kappa shape index (κ3) is 5.64. The molecule has 0 saturated heterocycles. The number of aliphatic carboxylic acids is 1. The monoisotopic (exact) mass is 357 g/mol. The quantitative estimate of drug-likeness (QED) is 0.697. The van der Waals surface area contributed by atoms with Gasteiger partial charge in [0.25, 0.3) is 0 Å². The molecule has 4 nitrogen and oxygen atoms in total. The van der Waals surface area contributed by atoms with Gasteiger partial charge in [-0.25, -0.2) is 0 Å². The molecule has 0 aliphatic rings. The van der Waals surface area contributed by atoms with Crippen LogP contribution in [0.25, 0.3) is 0 Å². The second-order valence-electron chi connectivity index (χ2n) is 6.45. The number of benzene rings is 2. The Morgan fingerprint density at radius 1 is 1.04 bits per heavy atom. The Labute approximate surface area is 152 Å². The van der Waals surface area contributed by atoms with Crippen molar-refractivity contribution in [2.75, 3.05) is 6.54 Å². The molecule has 0 aromatic heterocycles. The van der Waals surface area contributed by atoms with E-state index in [9.17, 15) is 14.7 Å². The van der Waals surface area contributed by atoms with Crippen LogP contribution in [0.4, 0.5) is 0 Å². The fourth-order valence-corrected chi connectivity index (χ4v) is 3.30. The summed E-state index contributed by atoms with van der Waals surface area (Å²) in [6.07, 6.45) is 0.381. The van der Waals surface area contributed by atoms with E-state index >= 15 is 0 Å². The van der Waals surface area contributed by atoms with Gasteiger partial charge in [0.05, 0.1) is 5.41 Å². The van der Waals surface area contributed by atoms with Gasteiger partial charge in [-0.05, 0) is 38.0 Å². The first kappa shape index (κ1) is 19.1. The predicted octanol–water partition coefficient (Wildman–Crippen LogP) is 4.14. The first-order valence-electron chi connectivity index (χ1n) is 8.18. The van der Waals surface area contributed by atoms with Crippen molar-refractivity contribution in [2.45, 2.75) is 30.4 Å². The number of carboxylic acid groups (broad SMARTS) is 1. The Kier molecular flexibility index (Phi) is 6.65. The third-order valence-corrected chi connectivity index (χ3v) is 5.23. The molecule has 2 aromatic carbocycles. The lowest BCUT2D eigenvalue weighted by Gasteiger charge is -2.21. The standard InChI is InChI=1S/C20H23NO3S/c1-20(2,19(23)24)13-14-21-18(22)17(15-9-5-3-6-10-15)25-16-11-7-4-8-12-16/h3-12,17H,13-14H2,1-2H3,(H,21,22)(H,23,24). The predicted molar refractivity (Wildman–Crippen MR) is 101 cm³/mol. The molecule has 2 aromatic rings. The van der Waals surface area contributed by atoms with E-state index in [-0.39, 0.29) is 11.2 Å². The lowest BCUT2D eigenvalue weighted by Crippen LogP contribution is -2.33. The number of carbonyl (C=O) groups excluding carboxylic acids is 1. The molecule has 0 aliphatic heterocycles. The minimum absolute atomic E-state index is 0.110. The van der Waals surface area contributed by atoms with Crippen LogP contribution in [-0.2, 0) is 9.59 Å². The zero-order valence-electron chi connectivity index (χ0n) is 14.4. The Balaban J connectivity index is 2.07. The van der Waals surface area contributed by atoms with Crippen molar-refractivity contribution in [3.05, 3.63) is 66.2 Å². The van der Waals surface area contributed by atoms with Gasteiger partial charge in [-0.15, -0.1) is 11.8 Å². The molecule has 25 heavy (non-hydrogen) atoms. The van der Waals surface area contributed by atoms with Gasteiger partial charge in [0.15, 0.2) is 0 Å². The average molecular weight is 357 g/mol. The van der Waals surface area contributed by atoms with Crippen molar-refractivity contribution in [3.63, 3.8) is 0 Å². The molecule has 0 spiro atoms. The van der Waals surface area contributed by atoms with E-state index in [1.807, 2.05) is 60.7 Å². The largest absolute Gasteiger partial charge is 0.481 e. The van der Waals surface area contributed by atoms with Gasteiger partial charge in [0, 0.05) is 11.4 Å². The number of rotatable bonds is 8. The van der Waals surface area contributed by atoms with E-state index in [2.05, 4.69) is 5.32 Å². The van der Waals surface area contributed by atoms with Crippen molar-refractivity contribution >= 4 is 23.6 Å². The molecule has 5 heteroatoms. The molecule has 0 heterocycles. The first-order chi connectivity index (χ1) is 11.9. The molecular weight excluding hydrogens is 334 g/mol. The topological polar surface area (TPSA) is 66.4 Å². The highest BCUT2D eigenvalue weighted by atomic mass is 32.2. The smallest absolute Gasteiger partial charge is 0.309 e. The number of carboxylic acids is 1. The number of thioether (sulfide) groups is 1. The van der Waals surface area contributed by atoms with Crippen LogP contribution in [-0.4, -0.2) is 23.5 Å². The maximum Gasteiger partial charge on any atom is 0.309 e. The number of nitrogens with one attached hydrogen (secondary N) is 1. The summed E-state index contributed by atoms with van der Waals surface area (Å²) in [4.78, 5) is 24.9. The number of carbonyl (C=O) groups is 2. The summed E-state index contributed by atoms with van der Waals surface area (Å²) in [6.45, 7) is 3.65. The van der Waals surface area contributed by atoms with Crippen LogP contribution in [0, 0.1) is 5.41 Å². The van der Waals surface area contributed by atoms with Crippen molar-refractivity contribution in [3.8, 4) is 0 Å². The Morgan fingerprint density at radius 2 is 1.60 bits per heavy atom. The number of amides is 1. The second kappa shape index (κ2) is 8.72. The highest BCUT2D eigenvalue weighted by Crippen LogP contribution is 2.35. The van der Waals surface area contributed by atoms with E-state index in [1.165, 1.54) is 11.8 Å². The van der Waals surface area contributed by atoms with E-state index < -0.39 is 11.4 Å². The van der Waals surface area contributed by atoms with Crippen LogP contribution in [0.3, 0.4) is 0 Å². The van der Waals surface area contributed by atoms with Gasteiger partial charge >= 0.3 is 5.97 Å². The lowest BCUT2D eigenvalue weighted by molar-refractivity contribution is -0.147. The molecule has 1 unspecified atom stereocenters. The summed E-state index contributed by atoms with van der Waals surface area (Å²) in [7, 11) is 0. The lowest BCUT2D eigenvalue weighted by atomic mass is 9.90. The van der Waals surface area contributed by atoms with Gasteiger partial charge in [0.1, 0.15) is 5.25 Å². The molecule has 0 aliphatic carbocycles. The van der Waals surface area contributed by atoms with Gasteiger partial charge < -0.3 is 10.4 Å². The molecule has 132 valence electrons. The molecule has 0 saturated carbocycles. The molecular formula is C20H23NO3S. The second-order valence-corrected chi connectivity index (χ2v) is 7.63. The van der Waals surface area contributed by atoms with E-state index in [0.29, 0.717) is 13.0 Å². The van der Waals surface area contributed by atoms with Crippen molar-refractivity contribution in [2.24, 2.45) is 5.41 Å². The maximum atomic E-state index is 12.7. The van der Waals surface area contributed by atoms with Gasteiger partial charge in [0.2, 0.25) is 5.91 Å². The molecule has 2 N–H and O–H groups in total. The Morgan fingerprint density at radius 3 is 2.16 bits per heavy atom. The molecule has 1 atom stereocenters. The van der Waals surface area contributed by atoms with Crippen LogP contribution in [0.5, 0.6) is 0 Å². The van der Waals surface area contributed by atoms with Crippen LogP contribution >= 0.6 is 11.8 Å². The normalized spacial score (nSPS) is 12.4. The summed E-state index contributed by atoms with van der Waals surface area (Å²) in [6, 6.07) is 19.4. The molecule has 2 rings (SSSR count). The minimum Gasteiger partial charge on any atom is -0.481 e. The van der Waals surface area contributed by atoms with Crippen molar-refractivity contribution in [1.29, 1.82) is 0 Å². The number of hydrogen-bond donors (Lipinski definition) is 2. The Bertz CT molecular complexity index is 701. The maximum absolute atomic E-state index is 12.7. The van der Waals surface area contributed by atoms with Crippen LogP contribution < -0.4 is 5.32 Å². The van der Waals surface area contributed by atoms with E-state index in [0.717, 1.165) is 10.5 Å². The SMILES string of the molecule is CC(C)(CCNC(=O)C(Sc1ccccc1)c1ccccc1)C(=O)O. The first-order valence-corrected chi connectivity index (χ1v) is 9.06. The van der Waals surface area contributed by atoms with E-state index in [4.69, 9.17) is 0 Å². The Hall–Kier alpha value is -2.27. The molecule has 0 radical (unpaired) electrons. The van der Waals surface area contributed by atoms with Gasteiger partial charge in [-0.2, -0.15) is 0 Å². The minimum atomic E-state index is -0.861. The zero-order chi connectivity index (χ0) is 18.3. The number of hydrogen-bond acceptors (Lipinski definition) is 3. The van der Waals surface area contributed by atoms with E-state index in [1.54, 1.807) is 13.8 Å². The molecule has 1 amide bonds. The van der Waals surface area contributed by atoms with Crippen LogP contribution in [0.1, 0.15) is 31.1 Å². The van der Waals surface area contributed by atoms with Crippen LogP contribution in [0.2, 0.25) is 0 Å². The van der Waals surface area contributed by atoms with Crippen molar-refractivity contribution in [1.82, 2.24) is 5.32 Å². The summed E-state index contributed by atoms with van der Waals surface area (Å²) < 4.78 is 0. The highest BCUT2D eigenvalue weighted by Gasteiger charge is 2.28. The highest BCUT2D eigenvalue weighted by molar-refractivity contribution is 8.00. The summed E-state index contributed by atoms with van der Waals surface area (Å²) >= 11 is 1.49. The fourth-order valence-electron chi connectivity index (χ4n) is 2.23. The third-order valence-electron chi connectivity index (χ3n) is 3.97. The summed E-state index contributed by atoms with van der Waals surface area (Å²) in [5.74, 6) is -0.971. The van der Waals surface area contributed by atoms with Gasteiger partial charge in [-0.1, -0.05) is 48.5 Å². The zero-order valence-corrected chi connectivity index (χ0v) is 15.3. The summed E-state index contributed by atoms with van der Waals surface area (Å²) in [5, 5.41) is 11.7. The molecule has 0 fully saturated rings. The molecule has 0 bridgehead atoms. The fraction of sp³-hybridized carbons (Fsp3) is 0.300. The van der Waals surface area contributed by atoms with Crippen molar-refractivity contribution < 1.29 is 14.7 Å². The summed E-state index contributed by atoms with van der Waals surface area (Å²) in [5.41, 5.74) is 0.0635.